The van der Waals surface area contributed by atoms with Gasteiger partial charge in [-0.2, -0.15) is 15.8 Å². The molecule has 1 aliphatic heterocycles. The molecule has 2 aliphatic rings. The number of hydrogen-bond acceptors (Lipinski definition) is 5. The van der Waals surface area contributed by atoms with Crippen LogP contribution in [0.3, 0.4) is 0 Å². The maximum absolute atomic E-state index is 9.77. The van der Waals surface area contributed by atoms with Crippen molar-refractivity contribution in [3.8, 4) is 18.2 Å². The van der Waals surface area contributed by atoms with Crippen molar-refractivity contribution in [3.05, 3.63) is 22.9 Å². The molecule has 2 N–H and O–H groups in total. The molecule has 0 bridgehead atoms. The lowest BCUT2D eigenvalue weighted by Crippen LogP contribution is -2.51. The summed E-state index contributed by atoms with van der Waals surface area (Å²) >= 11 is 0. The third-order valence-electron chi connectivity index (χ3n) is 5.06. The summed E-state index contributed by atoms with van der Waals surface area (Å²) in [6.45, 7) is 8.71. The monoisotopic (exact) mass is 309 g/mol. The molecule has 5 nitrogen and oxygen atoms in total. The highest BCUT2D eigenvalue weighted by atomic mass is 15.1. The van der Waals surface area contributed by atoms with Gasteiger partial charge in [0.15, 0.2) is 5.41 Å². The quantitative estimate of drug-likeness (QED) is 0.862. The van der Waals surface area contributed by atoms with Gasteiger partial charge in [0.2, 0.25) is 0 Å². The van der Waals surface area contributed by atoms with E-state index in [1.165, 1.54) is 0 Å². The first kappa shape index (κ1) is 17.1. The van der Waals surface area contributed by atoms with E-state index in [9.17, 15) is 15.8 Å². The van der Waals surface area contributed by atoms with Crippen molar-refractivity contribution in [2.75, 3.05) is 19.6 Å². The molecule has 2 atom stereocenters. The molecule has 0 aromatic carbocycles. The fourth-order valence-electron chi connectivity index (χ4n) is 4.14. The van der Waals surface area contributed by atoms with Gasteiger partial charge in [0.25, 0.3) is 0 Å². The zero-order valence-electron chi connectivity index (χ0n) is 14.0. The second kappa shape index (κ2) is 6.45. The maximum Gasteiger partial charge on any atom is 0.187 e. The first-order valence-corrected chi connectivity index (χ1v) is 8.12. The third kappa shape index (κ3) is 2.50. The van der Waals surface area contributed by atoms with Gasteiger partial charge in [0.1, 0.15) is 6.07 Å². The summed E-state index contributed by atoms with van der Waals surface area (Å²) in [5.41, 5.74) is 6.16. The molecule has 1 aliphatic carbocycles. The number of fused-ring (bicyclic) bond motifs is 1. The van der Waals surface area contributed by atoms with Crippen LogP contribution in [0.1, 0.15) is 27.2 Å². The Morgan fingerprint density at radius 2 is 2.00 bits per heavy atom. The van der Waals surface area contributed by atoms with Crippen molar-refractivity contribution in [2.45, 2.75) is 27.2 Å². The predicted molar refractivity (Wildman–Crippen MR) is 87.1 cm³/mol. The Kier molecular flexibility index (Phi) is 4.79. The van der Waals surface area contributed by atoms with Crippen molar-refractivity contribution in [2.24, 2.45) is 28.9 Å². The number of hydrogen-bond donors (Lipinski definition) is 1. The molecule has 120 valence electrons. The van der Waals surface area contributed by atoms with E-state index in [0.717, 1.165) is 31.6 Å². The Labute approximate surface area is 138 Å². The lowest BCUT2D eigenvalue weighted by Gasteiger charge is -2.47. The first-order valence-electron chi connectivity index (χ1n) is 8.12. The second-order valence-corrected chi connectivity index (χ2v) is 6.73. The molecule has 5 heteroatoms. The van der Waals surface area contributed by atoms with E-state index in [-0.39, 0.29) is 23.5 Å². The number of rotatable bonds is 3. The zero-order valence-corrected chi connectivity index (χ0v) is 14.0. The summed E-state index contributed by atoms with van der Waals surface area (Å²) in [7, 11) is 0. The lowest BCUT2D eigenvalue weighted by molar-refractivity contribution is 0.131. The minimum atomic E-state index is -1.42. The lowest BCUT2D eigenvalue weighted by atomic mass is 9.57. The molecule has 0 aromatic heterocycles. The van der Waals surface area contributed by atoms with Crippen LogP contribution < -0.4 is 5.73 Å². The van der Waals surface area contributed by atoms with Crippen molar-refractivity contribution in [1.29, 1.82) is 15.8 Å². The molecule has 23 heavy (non-hydrogen) atoms. The second-order valence-electron chi connectivity index (χ2n) is 6.73. The van der Waals surface area contributed by atoms with Crippen LogP contribution in [0.15, 0.2) is 22.9 Å². The largest absolute Gasteiger partial charge is 0.399 e. The van der Waals surface area contributed by atoms with Gasteiger partial charge >= 0.3 is 0 Å². The van der Waals surface area contributed by atoms with E-state index in [0.29, 0.717) is 5.57 Å². The SMILES string of the molecule is CCCN1CC=C2C(C#N)=C(N)C(C#N)(C#N)[C@@H](C(C)C)[C@@H]2C1. The van der Waals surface area contributed by atoms with Crippen LogP contribution in [0.2, 0.25) is 0 Å². The van der Waals surface area contributed by atoms with Gasteiger partial charge in [-0.1, -0.05) is 26.8 Å². The Bertz CT molecular complexity index is 651. The Hall–Kier alpha value is -2.29. The highest BCUT2D eigenvalue weighted by molar-refractivity contribution is 5.56. The molecule has 0 saturated carbocycles. The van der Waals surface area contributed by atoms with Crippen LogP contribution in [-0.4, -0.2) is 24.5 Å². The smallest absolute Gasteiger partial charge is 0.187 e. The third-order valence-corrected chi connectivity index (χ3v) is 5.06. The van der Waals surface area contributed by atoms with Crippen LogP contribution >= 0.6 is 0 Å². The van der Waals surface area contributed by atoms with E-state index in [1.54, 1.807) is 0 Å². The van der Waals surface area contributed by atoms with Gasteiger partial charge in [-0.15, -0.1) is 0 Å². The molecule has 0 unspecified atom stereocenters. The van der Waals surface area contributed by atoms with E-state index in [4.69, 9.17) is 5.73 Å². The van der Waals surface area contributed by atoms with Gasteiger partial charge < -0.3 is 5.73 Å². The molecule has 0 fully saturated rings. The van der Waals surface area contributed by atoms with E-state index in [1.807, 2.05) is 13.8 Å². The Morgan fingerprint density at radius 3 is 2.48 bits per heavy atom. The Balaban J connectivity index is 2.66. The fraction of sp³-hybridized carbons (Fsp3) is 0.611. The molecule has 1 heterocycles. The molecular weight excluding hydrogens is 286 g/mol. The Morgan fingerprint density at radius 1 is 1.35 bits per heavy atom. The minimum absolute atomic E-state index is 0.00319. The minimum Gasteiger partial charge on any atom is -0.399 e. The van der Waals surface area contributed by atoms with Crippen LogP contribution in [0, 0.1) is 57.2 Å². The maximum atomic E-state index is 9.77. The normalized spacial score (nSPS) is 26.7. The molecule has 0 saturated heterocycles. The van der Waals surface area contributed by atoms with Crippen LogP contribution in [0.25, 0.3) is 0 Å². The highest BCUT2D eigenvalue weighted by Gasteiger charge is 2.54. The number of nitrogens with zero attached hydrogens (tertiary/aromatic N) is 4. The molecule has 2 rings (SSSR count). The highest BCUT2D eigenvalue weighted by Crippen LogP contribution is 2.51. The van der Waals surface area contributed by atoms with Gasteiger partial charge in [0.05, 0.1) is 23.4 Å². The summed E-state index contributed by atoms with van der Waals surface area (Å²) in [5.74, 6) is -0.0971. The zero-order chi connectivity index (χ0) is 17.2. The van der Waals surface area contributed by atoms with Gasteiger partial charge in [0, 0.05) is 24.9 Å². The summed E-state index contributed by atoms with van der Waals surface area (Å²) < 4.78 is 0. The van der Waals surface area contributed by atoms with E-state index >= 15 is 0 Å². The van der Waals surface area contributed by atoms with Gasteiger partial charge in [-0.25, -0.2) is 0 Å². The topological polar surface area (TPSA) is 101 Å². The molecule has 0 radical (unpaired) electrons. The summed E-state index contributed by atoms with van der Waals surface area (Å²) in [4.78, 5) is 2.32. The molecule has 0 spiro atoms. The van der Waals surface area contributed by atoms with Gasteiger partial charge in [-0.05, 0) is 24.5 Å². The van der Waals surface area contributed by atoms with Crippen molar-refractivity contribution in [3.63, 3.8) is 0 Å². The van der Waals surface area contributed by atoms with Gasteiger partial charge in [-0.3, -0.25) is 4.90 Å². The molecule has 0 amide bonds. The predicted octanol–water partition coefficient (Wildman–Crippen LogP) is 2.31. The number of nitrogens with two attached hydrogens (primary N) is 1. The van der Waals surface area contributed by atoms with E-state index in [2.05, 4.69) is 36.1 Å². The average Bonchev–Trinajstić information content (AvgIpc) is 2.54. The summed E-state index contributed by atoms with van der Waals surface area (Å²) in [5, 5.41) is 29.1. The molecular formula is C18H23N5. The number of nitriles is 3. The average molecular weight is 309 g/mol. The fourth-order valence-corrected chi connectivity index (χ4v) is 4.14. The standard InChI is InChI=1S/C18H23N5/c1-4-6-23-7-5-13-14(8-19)17(22)18(10-20,11-21)16(12(2)3)15(13)9-23/h5,12,15-16H,4,6-7,9,22H2,1-3H3/t15-,16+/m1/s1. The first-order chi connectivity index (χ1) is 11.0. The van der Waals surface area contributed by atoms with Crippen LogP contribution in [0.4, 0.5) is 0 Å². The van der Waals surface area contributed by atoms with E-state index < -0.39 is 5.41 Å². The summed E-state index contributed by atoms with van der Waals surface area (Å²) in [6.07, 6.45) is 3.11. The van der Waals surface area contributed by atoms with Crippen molar-refractivity contribution in [1.82, 2.24) is 4.90 Å². The van der Waals surface area contributed by atoms with Crippen molar-refractivity contribution >= 4 is 0 Å². The summed E-state index contributed by atoms with van der Waals surface area (Å²) in [6, 6.07) is 6.45. The van der Waals surface area contributed by atoms with Crippen LogP contribution in [-0.2, 0) is 0 Å². The number of allylic oxidation sites excluding steroid dienone is 2. The molecule has 0 aromatic rings. The van der Waals surface area contributed by atoms with Crippen molar-refractivity contribution < 1.29 is 0 Å². The van der Waals surface area contributed by atoms with Crippen LogP contribution in [0.5, 0.6) is 0 Å².